The van der Waals surface area contributed by atoms with Gasteiger partial charge in [-0.3, -0.25) is 9.59 Å². The van der Waals surface area contributed by atoms with Crippen molar-refractivity contribution in [3.63, 3.8) is 0 Å². The zero-order valence-electron chi connectivity index (χ0n) is 27.4. The number of hydrogen-bond acceptors (Lipinski definition) is 6. The number of Topliss-reactive ketones (excluding diaryl/α,β-unsaturated/α-hetero) is 2. The van der Waals surface area contributed by atoms with Crippen LogP contribution in [0.1, 0.15) is 112 Å². The number of rotatable bonds is 17. The molecule has 0 N–H and O–H groups in total. The van der Waals surface area contributed by atoms with Gasteiger partial charge < -0.3 is 19.3 Å². The SMILES string of the molecule is CCOc1ccc(C(=O)C(CCCCC(CN2CCCCCC2)C(=O)c2ccc(OCC)cc2)CN2CCCCCC2)cc1. The van der Waals surface area contributed by atoms with Crippen LogP contribution in [0.5, 0.6) is 11.5 Å². The number of ketones is 2. The van der Waals surface area contributed by atoms with Crippen molar-refractivity contribution < 1.29 is 19.1 Å². The highest BCUT2D eigenvalue weighted by Crippen LogP contribution is 2.25. The third-order valence-electron chi connectivity index (χ3n) is 9.35. The first kappa shape index (κ1) is 34.2. The van der Waals surface area contributed by atoms with Crippen LogP contribution in [-0.4, -0.2) is 73.8 Å². The Labute approximate surface area is 266 Å². The highest BCUT2D eigenvalue weighted by Gasteiger charge is 2.26. The van der Waals surface area contributed by atoms with Crippen LogP contribution in [0.25, 0.3) is 0 Å². The Morgan fingerprint density at radius 1 is 0.568 bits per heavy atom. The predicted molar refractivity (Wildman–Crippen MR) is 179 cm³/mol. The van der Waals surface area contributed by atoms with E-state index in [2.05, 4.69) is 9.80 Å². The Bertz CT molecular complexity index is 1010. The maximum absolute atomic E-state index is 13.8. The minimum absolute atomic E-state index is 0.0306. The monoisotopic (exact) mass is 604 g/mol. The van der Waals surface area contributed by atoms with Gasteiger partial charge >= 0.3 is 0 Å². The Balaban J connectivity index is 1.41. The minimum Gasteiger partial charge on any atom is -0.494 e. The van der Waals surface area contributed by atoms with Crippen LogP contribution in [0.4, 0.5) is 0 Å². The summed E-state index contributed by atoms with van der Waals surface area (Å²) in [7, 11) is 0. The lowest BCUT2D eigenvalue weighted by Gasteiger charge is -2.27. The van der Waals surface area contributed by atoms with Gasteiger partial charge in [0.1, 0.15) is 11.5 Å². The first-order valence-corrected chi connectivity index (χ1v) is 17.6. The Kier molecular flexibility index (Phi) is 14.7. The number of carbonyl (C=O) groups is 2. The van der Waals surface area contributed by atoms with Crippen molar-refractivity contribution in [3.05, 3.63) is 59.7 Å². The molecule has 2 aromatic carbocycles. The summed E-state index contributed by atoms with van der Waals surface area (Å²) in [5.74, 6) is 2.03. The maximum Gasteiger partial charge on any atom is 0.167 e. The fourth-order valence-electron chi connectivity index (χ4n) is 6.89. The van der Waals surface area contributed by atoms with Gasteiger partial charge in [0.25, 0.3) is 0 Å². The average molecular weight is 605 g/mol. The number of likely N-dealkylation sites (tertiary alicyclic amines) is 2. The first-order chi connectivity index (χ1) is 21.6. The topological polar surface area (TPSA) is 59.1 Å². The van der Waals surface area contributed by atoms with Crippen LogP contribution in [0.2, 0.25) is 0 Å². The highest BCUT2D eigenvalue weighted by molar-refractivity contribution is 5.98. The normalized spacial score (nSPS) is 18.1. The fraction of sp³-hybridized carbons (Fsp3) is 0.632. The third kappa shape index (κ3) is 11.0. The van der Waals surface area contributed by atoms with Crippen molar-refractivity contribution in [2.24, 2.45) is 11.8 Å². The summed E-state index contributed by atoms with van der Waals surface area (Å²) in [5, 5.41) is 0. The first-order valence-electron chi connectivity index (χ1n) is 17.6. The van der Waals surface area contributed by atoms with Gasteiger partial charge in [-0.05, 0) is 127 Å². The van der Waals surface area contributed by atoms with Crippen LogP contribution in [0, 0.1) is 11.8 Å². The number of ether oxygens (including phenoxy) is 2. The molecule has 242 valence electrons. The zero-order valence-corrected chi connectivity index (χ0v) is 27.4. The lowest BCUT2D eigenvalue weighted by molar-refractivity contribution is 0.0848. The van der Waals surface area contributed by atoms with Gasteiger partial charge in [0, 0.05) is 36.1 Å². The maximum atomic E-state index is 13.8. The van der Waals surface area contributed by atoms with Crippen LogP contribution < -0.4 is 9.47 Å². The molecule has 4 rings (SSSR count). The van der Waals surface area contributed by atoms with Crippen molar-refractivity contribution in [2.75, 3.05) is 52.5 Å². The van der Waals surface area contributed by atoms with E-state index in [1.807, 2.05) is 62.4 Å². The molecule has 6 heteroatoms. The molecule has 0 bridgehead atoms. The molecule has 2 aliphatic heterocycles. The molecular formula is C38H56N2O4. The third-order valence-corrected chi connectivity index (χ3v) is 9.35. The summed E-state index contributed by atoms with van der Waals surface area (Å²) in [5.41, 5.74) is 1.55. The second-order valence-electron chi connectivity index (χ2n) is 12.8. The van der Waals surface area contributed by atoms with Gasteiger partial charge in [0.05, 0.1) is 13.2 Å². The van der Waals surface area contributed by atoms with Crippen LogP contribution in [0.15, 0.2) is 48.5 Å². The Hall–Kier alpha value is -2.70. The van der Waals surface area contributed by atoms with Crippen molar-refractivity contribution in [1.82, 2.24) is 9.80 Å². The van der Waals surface area contributed by atoms with Crippen LogP contribution >= 0.6 is 0 Å². The van der Waals surface area contributed by atoms with Gasteiger partial charge in [0.15, 0.2) is 11.6 Å². The van der Waals surface area contributed by atoms with Crippen molar-refractivity contribution in [3.8, 4) is 11.5 Å². The molecule has 0 radical (unpaired) electrons. The van der Waals surface area contributed by atoms with E-state index in [1.54, 1.807) is 0 Å². The Morgan fingerprint density at radius 2 is 0.909 bits per heavy atom. The smallest absolute Gasteiger partial charge is 0.167 e. The van der Waals surface area contributed by atoms with Gasteiger partial charge in [0.2, 0.25) is 0 Å². The molecule has 2 unspecified atom stereocenters. The summed E-state index contributed by atoms with van der Waals surface area (Å²) in [6, 6.07) is 15.4. The lowest BCUT2D eigenvalue weighted by Crippen LogP contribution is -2.35. The van der Waals surface area contributed by atoms with Gasteiger partial charge in [-0.15, -0.1) is 0 Å². The van der Waals surface area contributed by atoms with Gasteiger partial charge in [-0.25, -0.2) is 0 Å². The number of unbranched alkanes of at least 4 members (excludes halogenated alkanes) is 1. The second kappa shape index (κ2) is 19.0. The number of carbonyl (C=O) groups excluding carboxylic acids is 2. The molecule has 2 heterocycles. The summed E-state index contributed by atoms with van der Waals surface area (Å²) >= 11 is 0. The quantitative estimate of drug-likeness (QED) is 0.134. The fourth-order valence-corrected chi connectivity index (χ4v) is 6.89. The van der Waals surface area contributed by atoms with E-state index in [0.29, 0.717) is 13.2 Å². The van der Waals surface area contributed by atoms with E-state index in [9.17, 15) is 9.59 Å². The molecule has 2 saturated heterocycles. The summed E-state index contributed by atoms with van der Waals surface area (Å²) in [4.78, 5) is 32.7. The molecule has 2 aliphatic rings. The minimum atomic E-state index is -0.0306. The molecule has 0 spiro atoms. The highest BCUT2D eigenvalue weighted by atomic mass is 16.5. The van der Waals surface area contributed by atoms with E-state index in [4.69, 9.17) is 9.47 Å². The molecule has 0 amide bonds. The standard InChI is InChI=1S/C38H56N2O4/c1-3-43-35-21-17-31(18-22-35)37(41)33(29-39-25-11-5-6-12-26-39)15-9-10-16-34(30-40-27-13-7-8-14-28-40)38(42)32-19-23-36(24-20-32)44-4-2/h17-24,33-34H,3-16,25-30H2,1-2H3. The molecular weight excluding hydrogens is 548 g/mol. The molecule has 2 atom stereocenters. The lowest BCUT2D eigenvalue weighted by atomic mass is 9.88. The molecule has 2 aromatic rings. The molecule has 6 nitrogen and oxygen atoms in total. The van der Waals surface area contributed by atoms with E-state index < -0.39 is 0 Å². The van der Waals surface area contributed by atoms with Crippen molar-refractivity contribution in [2.45, 2.75) is 90.9 Å². The second-order valence-corrected chi connectivity index (χ2v) is 12.8. The molecule has 44 heavy (non-hydrogen) atoms. The Morgan fingerprint density at radius 3 is 1.23 bits per heavy atom. The van der Waals surface area contributed by atoms with Crippen molar-refractivity contribution >= 4 is 11.6 Å². The largest absolute Gasteiger partial charge is 0.494 e. The number of hydrogen-bond donors (Lipinski definition) is 0. The van der Waals surface area contributed by atoms with E-state index in [-0.39, 0.29) is 23.4 Å². The molecule has 0 saturated carbocycles. The zero-order chi connectivity index (χ0) is 31.0. The molecule has 2 fully saturated rings. The van der Waals surface area contributed by atoms with Crippen LogP contribution in [0.3, 0.4) is 0 Å². The average Bonchev–Trinajstić information content (AvgIpc) is 3.47. The summed E-state index contributed by atoms with van der Waals surface area (Å²) < 4.78 is 11.2. The van der Waals surface area contributed by atoms with Gasteiger partial charge in [-0.2, -0.15) is 0 Å². The predicted octanol–water partition coefficient (Wildman–Crippen LogP) is 8.09. The van der Waals surface area contributed by atoms with E-state index in [1.165, 1.54) is 51.4 Å². The molecule has 0 aromatic heterocycles. The van der Waals surface area contributed by atoms with Gasteiger partial charge in [-0.1, -0.05) is 38.5 Å². The number of nitrogens with zero attached hydrogens (tertiary/aromatic N) is 2. The van der Waals surface area contributed by atoms with Crippen molar-refractivity contribution in [1.29, 1.82) is 0 Å². The van der Waals surface area contributed by atoms with E-state index >= 15 is 0 Å². The molecule has 0 aliphatic carbocycles. The van der Waals surface area contributed by atoms with E-state index in [0.717, 1.165) is 87.6 Å². The van der Waals surface area contributed by atoms with Crippen LogP contribution in [-0.2, 0) is 0 Å². The summed E-state index contributed by atoms with van der Waals surface area (Å²) in [6.07, 6.45) is 13.6. The number of benzene rings is 2. The summed E-state index contributed by atoms with van der Waals surface area (Å²) in [6.45, 7) is 11.2.